The Labute approximate surface area is 173 Å². The Morgan fingerprint density at radius 3 is 2.31 bits per heavy atom. The summed E-state index contributed by atoms with van der Waals surface area (Å²) in [5.74, 6) is -0.193. The van der Waals surface area contributed by atoms with E-state index in [9.17, 15) is 13.2 Å². The monoisotopic (exact) mass is 415 g/mol. The molecule has 3 rings (SSSR count). The van der Waals surface area contributed by atoms with Crippen LogP contribution in [0, 0.1) is 13.8 Å². The van der Waals surface area contributed by atoms with Crippen LogP contribution < -0.4 is 10.2 Å². The van der Waals surface area contributed by atoms with Crippen molar-refractivity contribution in [2.24, 2.45) is 0 Å². The van der Waals surface area contributed by atoms with Crippen LogP contribution in [-0.2, 0) is 14.6 Å². The van der Waals surface area contributed by atoms with Gasteiger partial charge in [-0.15, -0.1) is 0 Å². The summed E-state index contributed by atoms with van der Waals surface area (Å²) in [5, 5.41) is 2.80. The number of hydrogen-bond donors (Lipinski definition) is 1. The molecule has 1 unspecified atom stereocenters. The molecule has 0 bridgehead atoms. The zero-order valence-corrected chi connectivity index (χ0v) is 18.3. The maximum atomic E-state index is 12.8. The highest BCUT2D eigenvalue weighted by atomic mass is 32.2. The Morgan fingerprint density at radius 2 is 1.66 bits per heavy atom. The topological polar surface area (TPSA) is 69.7 Å². The summed E-state index contributed by atoms with van der Waals surface area (Å²) < 4.78 is 23.9. The second kappa shape index (κ2) is 8.55. The number of carbonyl (C=O) groups excluding carboxylic acids is 1. The van der Waals surface area contributed by atoms with E-state index < -0.39 is 9.84 Å². The first-order valence-electron chi connectivity index (χ1n) is 9.83. The van der Waals surface area contributed by atoms with Gasteiger partial charge in [0.25, 0.3) is 0 Å². The molecular formula is C22H29N3O3S. The number of hydrogen-bond acceptors (Lipinski definition) is 5. The lowest BCUT2D eigenvalue weighted by Gasteiger charge is -2.39. The molecule has 7 heteroatoms. The molecule has 1 aliphatic rings. The van der Waals surface area contributed by atoms with Crippen molar-refractivity contribution in [1.82, 2.24) is 4.90 Å². The number of piperazine rings is 1. The van der Waals surface area contributed by atoms with Crippen LogP contribution >= 0.6 is 0 Å². The average Bonchev–Trinajstić information content (AvgIpc) is 2.69. The van der Waals surface area contributed by atoms with Crippen LogP contribution in [0.4, 0.5) is 11.4 Å². The van der Waals surface area contributed by atoms with E-state index in [2.05, 4.69) is 47.2 Å². The van der Waals surface area contributed by atoms with E-state index in [1.807, 2.05) is 6.92 Å². The zero-order valence-electron chi connectivity index (χ0n) is 17.5. The molecule has 0 spiro atoms. The molecule has 0 aromatic heterocycles. The number of rotatable bonds is 5. The molecule has 0 radical (unpaired) electrons. The van der Waals surface area contributed by atoms with Gasteiger partial charge in [0.2, 0.25) is 5.91 Å². The number of anilines is 2. The standard InChI is InChI=1S/C22H29N3O3S/c1-16-8-7-10-20(17(16)2)25-14-12-24(13-15-25)18(3)22(26)23-19-9-5-6-11-21(19)29(4,27)28/h5-11,18H,12-15H2,1-4H3,(H,23,26). The molecule has 1 atom stereocenters. The number of benzene rings is 2. The number of nitrogens with zero attached hydrogens (tertiary/aromatic N) is 2. The average molecular weight is 416 g/mol. The minimum atomic E-state index is -3.41. The second-order valence-corrected chi connectivity index (χ2v) is 9.66. The van der Waals surface area contributed by atoms with E-state index in [1.165, 1.54) is 22.9 Å². The van der Waals surface area contributed by atoms with Gasteiger partial charge in [-0.3, -0.25) is 9.69 Å². The molecule has 6 nitrogen and oxygen atoms in total. The van der Waals surface area contributed by atoms with Crippen molar-refractivity contribution >= 4 is 27.1 Å². The van der Waals surface area contributed by atoms with Gasteiger partial charge in [-0.2, -0.15) is 0 Å². The van der Waals surface area contributed by atoms with Crippen molar-refractivity contribution in [1.29, 1.82) is 0 Å². The third-order valence-corrected chi connectivity index (χ3v) is 6.86. The fourth-order valence-electron chi connectivity index (χ4n) is 3.72. The van der Waals surface area contributed by atoms with Crippen LogP contribution in [0.25, 0.3) is 0 Å². The smallest absolute Gasteiger partial charge is 0.241 e. The molecule has 1 fully saturated rings. The quantitative estimate of drug-likeness (QED) is 0.813. The molecule has 1 saturated heterocycles. The molecular weight excluding hydrogens is 386 g/mol. The second-order valence-electron chi connectivity index (χ2n) is 7.68. The lowest BCUT2D eigenvalue weighted by molar-refractivity contribution is -0.120. The summed E-state index contributed by atoms with van der Waals surface area (Å²) in [6.07, 6.45) is 1.15. The van der Waals surface area contributed by atoms with Gasteiger partial charge in [0.05, 0.1) is 16.6 Å². The highest BCUT2D eigenvalue weighted by Crippen LogP contribution is 2.25. The van der Waals surface area contributed by atoms with Crippen LogP contribution in [-0.4, -0.2) is 57.7 Å². The lowest BCUT2D eigenvalue weighted by atomic mass is 10.1. The van der Waals surface area contributed by atoms with E-state index in [0.29, 0.717) is 5.69 Å². The molecule has 1 aliphatic heterocycles. The Hall–Kier alpha value is -2.38. The maximum absolute atomic E-state index is 12.8. The fraction of sp³-hybridized carbons (Fsp3) is 0.409. The number of nitrogens with one attached hydrogen (secondary N) is 1. The largest absolute Gasteiger partial charge is 0.369 e. The SMILES string of the molecule is Cc1cccc(N2CCN(C(C)C(=O)Nc3ccccc3S(C)(=O)=O)CC2)c1C. The molecule has 156 valence electrons. The molecule has 29 heavy (non-hydrogen) atoms. The number of carbonyl (C=O) groups is 1. The molecule has 1 heterocycles. The Kier molecular flexibility index (Phi) is 6.29. The summed E-state index contributed by atoms with van der Waals surface area (Å²) in [6.45, 7) is 9.38. The van der Waals surface area contributed by atoms with E-state index in [1.54, 1.807) is 18.2 Å². The van der Waals surface area contributed by atoms with Gasteiger partial charge < -0.3 is 10.2 Å². The van der Waals surface area contributed by atoms with E-state index in [0.717, 1.165) is 32.4 Å². The number of sulfone groups is 1. The highest BCUT2D eigenvalue weighted by molar-refractivity contribution is 7.90. The lowest BCUT2D eigenvalue weighted by Crippen LogP contribution is -2.53. The third-order valence-electron chi connectivity index (χ3n) is 5.70. The summed E-state index contributed by atoms with van der Waals surface area (Å²) in [7, 11) is -3.41. The Bertz CT molecular complexity index is 996. The van der Waals surface area contributed by atoms with Crippen LogP contribution in [0.15, 0.2) is 47.4 Å². The number of aryl methyl sites for hydroxylation is 1. The first-order valence-corrected chi connectivity index (χ1v) is 11.7. The normalized spacial score (nSPS) is 16.5. The van der Waals surface area contributed by atoms with Crippen molar-refractivity contribution in [3.8, 4) is 0 Å². The van der Waals surface area contributed by atoms with Gasteiger partial charge in [0.1, 0.15) is 0 Å². The summed E-state index contributed by atoms with van der Waals surface area (Å²) >= 11 is 0. The first kappa shape index (κ1) is 21.3. The summed E-state index contributed by atoms with van der Waals surface area (Å²) in [4.78, 5) is 17.4. The maximum Gasteiger partial charge on any atom is 0.241 e. The van der Waals surface area contributed by atoms with Gasteiger partial charge >= 0.3 is 0 Å². The molecule has 0 aliphatic carbocycles. The summed E-state index contributed by atoms with van der Waals surface area (Å²) in [6, 6.07) is 12.5. The zero-order chi connectivity index (χ0) is 21.2. The predicted molar refractivity (Wildman–Crippen MR) is 117 cm³/mol. The summed E-state index contributed by atoms with van der Waals surface area (Å²) in [5.41, 5.74) is 4.16. The van der Waals surface area contributed by atoms with Gasteiger partial charge in [-0.25, -0.2) is 8.42 Å². The minimum Gasteiger partial charge on any atom is -0.369 e. The van der Waals surface area contributed by atoms with Crippen LogP contribution in [0.1, 0.15) is 18.1 Å². The van der Waals surface area contributed by atoms with E-state index in [-0.39, 0.29) is 16.8 Å². The van der Waals surface area contributed by atoms with Crippen molar-refractivity contribution in [2.45, 2.75) is 31.7 Å². The van der Waals surface area contributed by atoms with Crippen LogP contribution in [0.5, 0.6) is 0 Å². The van der Waals surface area contributed by atoms with Gasteiger partial charge in [0, 0.05) is 38.1 Å². The van der Waals surface area contributed by atoms with Gasteiger partial charge in [-0.05, 0) is 50.1 Å². The van der Waals surface area contributed by atoms with Gasteiger partial charge in [-0.1, -0.05) is 24.3 Å². The van der Waals surface area contributed by atoms with Crippen molar-refractivity contribution in [3.63, 3.8) is 0 Å². The molecule has 1 amide bonds. The highest BCUT2D eigenvalue weighted by Gasteiger charge is 2.27. The van der Waals surface area contributed by atoms with Crippen LogP contribution in [0.2, 0.25) is 0 Å². The van der Waals surface area contributed by atoms with E-state index >= 15 is 0 Å². The minimum absolute atomic E-state index is 0.139. The first-order chi connectivity index (χ1) is 13.7. The number of para-hydroxylation sites is 1. The van der Waals surface area contributed by atoms with Crippen LogP contribution in [0.3, 0.4) is 0 Å². The van der Waals surface area contributed by atoms with Crippen molar-refractivity contribution < 1.29 is 13.2 Å². The molecule has 2 aromatic carbocycles. The molecule has 2 aromatic rings. The molecule has 0 saturated carbocycles. The van der Waals surface area contributed by atoms with Gasteiger partial charge in [0.15, 0.2) is 9.84 Å². The van der Waals surface area contributed by atoms with Crippen molar-refractivity contribution in [3.05, 3.63) is 53.6 Å². The third kappa shape index (κ3) is 4.79. The Morgan fingerprint density at radius 1 is 1.00 bits per heavy atom. The predicted octanol–water partition coefficient (Wildman–Crippen LogP) is 2.86. The van der Waals surface area contributed by atoms with E-state index in [4.69, 9.17) is 0 Å². The van der Waals surface area contributed by atoms with Crippen molar-refractivity contribution in [2.75, 3.05) is 42.7 Å². The molecule has 1 N–H and O–H groups in total. The number of amides is 1. The Balaban J connectivity index is 1.65. The fourth-order valence-corrected chi connectivity index (χ4v) is 4.57.